The molecule has 0 fully saturated rings. The van der Waals surface area contributed by atoms with Gasteiger partial charge in [-0.15, -0.1) is 0 Å². The smallest absolute Gasteiger partial charge is 0.282 e. The summed E-state index contributed by atoms with van der Waals surface area (Å²) < 4.78 is 13.6. The lowest BCUT2D eigenvalue weighted by Crippen LogP contribution is -2.29. The summed E-state index contributed by atoms with van der Waals surface area (Å²) in [5, 5.41) is 7.80. The van der Waals surface area contributed by atoms with Crippen molar-refractivity contribution in [3.63, 3.8) is 0 Å². The quantitative estimate of drug-likeness (QED) is 0.251. The number of amides is 1. The number of carbonyl (C=O) groups is 1. The van der Waals surface area contributed by atoms with Gasteiger partial charge in [-0.2, -0.15) is 9.78 Å². The van der Waals surface area contributed by atoms with Crippen molar-refractivity contribution in [3.8, 4) is 11.5 Å². The van der Waals surface area contributed by atoms with Gasteiger partial charge < -0.3 is 14.8 Å². The van der Waals surface area contributed by atoms with Crippen molar-refractivity contribution in [2.45, 2.75) is 40.0 Å². The minimum atomic E-state index is -0.426. The molecular formula is C30H31BrN4O4. The number of nitrogens with one attached hydrogen (secondary N) is 1. The molecule has 9 heteroatoms. The lowest BCUT2D eigenvalue weighted by Gasteiger charge is -2.21. The number of halogens is 1. The fourth-order valence-corrected chi connectivity index (χ4v) is 4.20. The topological polar surface area (TPSA) is 94.8 Å². The number of aromatic nitrogens is 2. The Hall–Kier alpha value is -3.98. The average molecular weight is 592 g/mol. The van der Waals surface area contributed by atoms with Gasteiger partial charge in [-0.1, -0.05) is 54.4 Å². The van der Waals surface area contributed by atoms with Crippen LogP contribution < -0.4 is 20.3 Å². The minimum Gasteiger partial charge on any atom is -0.490 e. The van der Waals surface area contributed by atoms with Crippen molar-refractivity contribution in [3.05, 3.63) is 92.4 Å². The zero-order valence-electron chi connectivity index (χ0n) is 22.6. The number of nitrogens with zero attached hydrogens (tertiary/aromatic N) is 3. The van der Waals surface area contributed by atoms with Crippen LogP contribution in [0.5, 0.6) is 11.5 Å². The largest absolute Gasteiger partial charge is 0.490 e. The monoisotopic (exact) mass is 590 g/mol. The van der Waals surface area contributed by atoms with Crippen LogP contribution in [0.15, 0.2) is 75.0 Å². The van der Waals surface area contributed by atoms with Gasteiger partial charge >= 0.3 is 0 Å². The van der Waals surface area contributed by atoms with Gasteiger partial charge in [-0.25, -0.2) is 4.98 Å². The van der Waals surface area contributed by atoms with Gasteiger partial charge in [0.2, 0.25) is 0 Å². The van der Waals surface area contributed by atoms with Gasteiger partial charge in [0, 0.05) is 15.6 Å². The Morgan fingerprint density at radius 2 is 1.79 bits per heavy atom. The van der Waals surface area contributed by atoms with E-state index in [0.717, 1.165) is 10.0 Å². The second-order valence-electron chi connectivity index (χ2n) is 10.1. The molecule has 0 atom stereocenters. The van der Waals surface area contributed by atoms with E-state index in [2.05, 4.69) is 26.3 Å². The third-order valence-corrected chi connectivity index (χ3v) is 6.26. The van der Waals surface area contributed by atoms with E-state index in [9.17, 15) is 9.59 Å². The highest BCUT2D eigenvalue weighted by Gasteiger charge is 2.23. The molecule has 1 heterocycles. The van der Waals surface area contributed by atoms with Gasteiger partial charge in [0.05, 0.1) is 23.7 Å². The van der Waals surface area contributed by atoms with E-state index >= 15 is 0 Å². The van der Waals surface area contributed by atoms with Crippen molar-refractivity contribution in [1.29, 1.82) is 0 Å². The number of aryl methyl sites for hydroxylation is 1. The maximum Gasteiger partial charge on any atom is 0.282 e. The van der Waals surface area contributed by atoms with Gasteiger partial charge in [-0.05, 0) is 67.9 Å². The van der Waals surface area contributed by atoms with E-state index < -0.39 is 5.41 Å². The van der Waals surface area contributed by atoms with E-state index in [4.69, 9.17) is 14.5 Å². The lowest BCUT2D eigenvalue weighted by molar-refractivity contribution is -0.118. The van der Waals surface area contributed by atoms with Crippen LogP contribution in [0, 0.1) is 6.92 Å². The van der Waals surface area contributed by atoms with Gasteiger partial charge in [0.1, 0.15) is 5.82 Å². The summed E-state index contributed by atoms with van der Waals surface area (Å²) in [5.74, 6) is 1.16. The van der Waals surface area contributed by atoms with Crippen molar-refractivity contribution in [2.75, 3.05) is 18.5 Å². The first-order chi connectivity index (χ1) is 18.5. The molecule has 0 saturated carbocycles. The second kappa shape index (κ2) is 11.8. The van der Waals surface area contributed by atoms with Crippen molar-refractivity contribution in [1.82, 2.24) is 9.66 Å². The van der Waals surface area contributed by atoms with Crippen molar-refractivity contribution in [2.24, 2.45) is 5.10 Å². The SMILES string of the molecule is CCOc1cc(C=Nn2c(C(C)(C)C)nc3ccc(Br)cc3c2=O)ccc1OCC(=O)Nc1ccc(C)cc1. The van der Waals surface area contributed by atoms with Crippen LogP contribution in [0.25, 0.3) is 10.9 Å². The molecule has 39 heavy (non-hydrogen) atoms. The summed E-state index contributed by atoms with van der Waals surface area (Å²) in [7, 11) is 0. The third-order valence-electron chi connectivity index (χ3n) is 5.76. The van der Waals surface area contributed by atoms with Crippen LogP contribution in [0.2, 0.25) is 0 Å². The summed E-state index contributed by atoms with van der Waals surface area (Å²) >= 11 is 3.43. The zero-order valence-corrected chi connectivity index (χ0v) is 24.2. The Balaban J connectivity index is 1.58. The molecular weight excluding hydrogens is 560 g/mol. The molecule has 202 valence electrons. The predicted molar refractivity (Wildman–Crippen MR) is 158 cm³/mol. The van der Waals surface area contributed by atoms with Crippen LogP contribution in [0.3, 0.4) is 0 Å². The standard InChI is InChI=1S/C30H31BrN4O4/c1-6-38-26-15-20(9-14-25(26)39-18-27(36)33-22-11-7-19(2)8-12-22)17-32-35-28(37)23-16-21(31)10-13-24(23)34-29(35)30(3,4)5/h7-17H,6,18H2,1-5H3,(H,33,36). The number of hydrogen-bond donors (Lipinski definition) is 1. The molecule has 1 amide bonds. The lowest BCUT2D eigenvalue weighted by atomic mass is 9.95. The van der Waals surface area contributed by atoms with E-state index in [1.54, 1.807) is 30.5 Å². The molecule has 0 aliphatic carbocycles. The van der Waals surface area contributed by atoms with Crippen LogP contribution in [0.4, 0.5) is 5.69 Å². The van der Waals surface area contributed by atoms with Crippen LogP contribution in [-0.2, 0) is 10.2 Å². The van der Waals surface area contributed by atoms with Crippen LogP contribution in [0.1, 0.15) is 44.6 Å². The van der Waals surface area contributed by atoms with Crippen molar-refractivity contribution < 1.29 is 14.3 Å². The van der Waals surface area contributed by atoms with Gasteiger partial charge in [-0.3, -0.25) is 9.59 Å². The Labute approximate surface area is 235 Å². The molecule has 4 rings (SSSR count). The Morgan fingerprint density at radius 3 is 2.49 bits per heavy atom. The fraction of sp³-hybridized carbons (Fsp3) is 0.267. The van der Waals surface area contributed by atoms with Gasteiger partial charge in [0.25, 0.3) is 11.5 Å². The number of ether oxygens (including phenoxy) is 2. The Kier molecular flexibility index (Phi) is 8.50. The maximum absolute atomic E-state index is 13.4. The molecule has 0 spiro atoms. The highest BCUT2D eigenvalue weighted by Crippen LogP contribution is 2.28. The normalized spacial score (nSPS) is 11.6. The number of fused-ring (bicyclic) bond motifs is 1. The second-order valence-corrected chi connectivity index (χ2v) is 11.0. The molecule has 8 nitrogen and oxygen atoms in total. The summed E-state index contributed by atoms with van der Waals surface area (Å²) in [6.45, 7) is 10.0. The first-order valence-corrected chi connectivity index (χ1v) is 13.4. The first-order valence-electron chi connectivity index (χ1n) is 12.6. The third kappa shape index (κ3) is 6.92. The highest BCUT2D eigenvalue weighted by atomic mass is 79.9. The average Bonchev–Trinajstić information content (AvgIpc) is 2.89. The highest BCUT2D eigenvalue weighted by molar-refractivity contribution is 9.10. The first kappa shape index (κ1) is 28.0. The maximum atomic E-state index is 13.4. The van der Waals surface area contributed by atoms with Gasteiger partial charge in [0.15, 0.2) is 18.1 Å². The molecule has 0 aliphatic rings. The summed E-state index contributed by atoms with van der Waals surface area (Å²) in [6, 6.07) is 18.2. The molecule has 1 N–H and O–H groups in total. The molecule has 0 radical (unpaired) electrons. The van der Waals surface area contributed by atoms with Crippen LogP contribution in [-0.4, -0.2) is 35.0 Å². The summed E-state index contributed by atoms with van der Waals surface area (Å²) in [5.41, 5.74) is 2.43. The van der Waals surface area contributed by atoms with Crippen LogP contribution >= 0.6 is 15.9 Å². The molecule has 0 bridgehead atoms. The number of hydrogen-bond acceptors (Lipinski definition) is 6. The molecule has 0 saturated heterocycles. The Morgan fingerprint density at radius 1 is 1.05 bits per heavy atom. The van der Waals surface area contributed by atoms with E-state index in [1.807, 2.05) is 71.0 Å². The number of carbonyl (C=O) groups excluding carboxylic acids is 1. The number of benzene rings is 3. The fourth-order valence-electron chi connectivity index (χ4n) is 3.84. The summed E-state index contributed by atoms with van der Waals surface area (Å²) in [6.07, 6.45) is 1.58. The molecule has 4 aromatic rings. The molecule has 3 aromatic carbocycles. The Bertz CT molecular complexity index is 1590. The molecule has 0 aliphatic heterocycles. The molecule has 1 aromatic heterocycles. The van der Waals surface area contributed by atoms with E-state index in [1.165, 1.54) is 4.68 Å². The zero-order chi connectivity index (χ0) is 28.2. The summed E-state index contributed by atoms with van der Waals surface area (Å²) in [4.78, 5) is 30.5. The number of anilines is 1. The molecule has 0 unspecified atom stereocenters. The minimum absolute atomic E-state index is 0.177. The predicted octanol–water partition coefficient (Wildman–Crippen LogP) is 6.06. The van der Waals surface area contributed by atoms with E-state index in [0.29, 0.717) is 46.1 Å². The van der Waals surface area contributed by atoms with Crippen molar-refractivity contribution >= 4 is 44.6 Å². The van der Waals surface area contributed by atoms with E-state index in [-0.39, 0.29) is 18.1 Å². The number of rotatable bonds is 8.